The van der Waals surface area contributed by atoms with E-state index in [2.05, 4.69) is 10.3 Å². The van der Waals surface area contributed by atoms with E-state index in [1.165, 1.54) is 12.1 Å². The molecule has 3 aromatic rings. The molecule has 0 saturated carbocycles. The van der Waals surface area contributed by atoms with Gasteiger partial charge in [-0.2, -0.15) is 0 Å². The zero-order chi connectivity index (χ0) is 23.5. The standard InChI is InChI=1S/C25H26F3N3O2/c1-15(32)31-10-7-16(8-11-31)19-12-20-21(6-9-29-22(20)13-23(19)33-2)30-14-17-4-3-5-18(24(17)26)25(27)28/h3-6,9,12-13,16,25H,7-8,10-11,14H2,1-2H3,(H,29,30). The molecule has 1 saturated heterocycles. The van der Waals surface area contributed by atoms with Crippen molar-refractivity contribution in [1.29, 1.82) is 0 Å². The lowest BCUT2D eigenvalue weighted by atomic mass is 9.87. The molecule has 1 amide bonds. The SMILES string of the molecule is COc1cc2nccc(NCc3cccc(C(F)F)c3F)c2cc1C1CCN(C(C)=O)CC1. The lowest BCUT2D eigenvalue weighted by Crippen LogP contribution is -2.36. The molecule has 33 heavy (non-hydrogen) atoms. The van der Waals surface area contributed by atoms with Crippen LogP contribution < -0.4 is 10.1 Å². The van der Waals surface area contributed by atoms with Gasteiger partial charge in [0.25, 0.3) is 6.43 Å². The Morgan fingerprint density at radius 3 is 2.67 bits per heavy atom. The Kier molecular flexibility index (Phi) is 6.72. The number of pyridine rings is 1. The second-order valence-corrected chi connectivity index (χ2v) is 8.22. The van der Waals surface area contributed by atoms with Gasteiger partial charge in [-0.25, -0.2) is 13.2 Å². The molecule has 1 aliphatic heterocycles. The first-order valence-electron chi connectivity index (χ1n) is 10.9. The Hall–Kier alpha value is -3.29. The maximum Gasteiger partial charge on any atom is 0.266 e. The molecule has 2 aromatic carbocycles. The number of amides is 1. The molecule has 1 aromatic heterocycles. The van der Waals surface area contributed by atoms with Crippen molar-refractivity contribution in [3.05, 3.63) is 65.1 Å². The van der Waals surface area contributed by atoms with Gasteiger partial charge in [0, 0.05) is 55.5 Å². The van der Waals surface area contributed by atoms with E-state index in [9.17, 15) is 18.0 Å². The van der Waals surface area contributed by atoms with E-state index in [4.69, 9.17) is 4.74 Å². The number of anilines is 1. The average molecular weight is 457 g/mol. The number of nitrogens with one attached hydrogen (secondary N) is 1. The van der Waals surface area contributed by atoms with Gasteiger partial charge >= 0.3 is 0 Å². The Bertz CT molecular complexity index is 1160. The molecule has 0 atom stereocenters. The second kappa shape index (κ2) is 9.68. The van der Waals surface area contributed by atoms with Crippen LogP contribution in [0.1, 0.15) is 48.8 Å². The van der Waals surface area contributed by atoms with E-state index in [-0.39, 0.29) is 23.9 Å². The predicted molar refractivity (Wildman–Crippen MR) is 121 cm³/mol. The van der Waals surface area contributed by atoms with Gasteiger partial charge in [-0.15, -0.1) is 0 Å². The number of piperidine rings is 1. The molecule has 1 aliphatic rings. The number of halogens is 3. The van der Waals surface area contributed by atoms with Crippen LogP contribution in [-0.4, -0.2) is 36.0 Å². The van der Waals surface area contributed by atoms with E-state index in [0.717, 1.165) is 41.3 Å². The molecule has 5 nitrogen and oxygen atoms in total. The number of hydrogen-bond acceptors (Lipinski definition) is 4. The van der Waals surface area contributed by atoms with Gasteiger partial charge in [-0.1, -0.05) is 18.2 Å². The Labute approximate surface area is 190 Å². The quantitative estimate of drug-likeness (QED) is 0.519. The van der Waals surface area contributed by atoms with Crippen molar-refractivity contribution < 1.29 is 22.7 Å². The van der Waals surface area contributed by atoms with Crippen molar-refractivity contribution in [3.8, 4) is 5.75 Å². The van der Waals surface area contributed by atoms with Crippen LogP contribution in [0, 0.1) is 5.82 Å². The van der Waals surface area contributed by atoms with Crippen molar-refractivity contribution in [2.45, 2.75) is 38.7 Å². The third-order valence-corrected chi connectivity index (χ3v) is 6.29. The van der Waals surface area contributed by atoms with Gasteiger partial charge in [0.05, 0.1) is 18.2 Å². The van der Waals surface area contributed by atoms with Crippen LogP contribution in [0.4, 0.5) is 18.9 Å². The number of alkyl halides is 2. The molecule has 1 N–H and O–H groups in total. The van der Waals surface area contributed by atoms with Gasteiger partial charge in [0.1, 0.15) is 11.6 Å². The third-order valence-electron chi connectivity index (χ3n) is 6.29. The van der Waals surface area contributed by atoms with E-state index in [1.54, 1.807) is 26.3 Å². The summed E-state index contributed by atoms with van der Waals surface area (Å²) in [6, 6.07) is 9.72. The summed E-state index contributed by atoms with van der Waals surface area (Å²) >= 11 is 0. The highest BCUT2D eigenvalue weighted by Crippen LogP contribution is 2.38. The van der Waals surface area contributed by atoms with Crippen LogP contribution in [0.2, 0.25) is 0 Å². The van der Waals surface area contributed by atoms with Gasteiger partial charge in [0.2, 0.25) is 5.91 Å². The topological polar surface area (TPSA) is 54.5 Å². The minimum atomic E-state index is -2.86. The zero-order valence-electron chi connectivity index (χ0n) is 18.6. The first kappa shape index (κ1) is 22.9. The number of methoxy groups -OCH3 is 1. The molecular weight excluding hydrogens is 431 g/mol. The summed E-state index contributed by atoms with van der Waals surface area (Å²) in [5.41, 5.74) is 2.05. The summed E-state index contributed by atoms with van der Waals surface area (Å²) in [6.07, 6.45) is 0.434. The van der Waals surface area contributed by atoms with Crippen LogP contribution >= 0.6 is 0 Å². The molecule has 0 radical (unpaired) electrons. The summed E-state index contributed by atoms with van der Waals surface area (Å²) < 4.78 is 46.2. The third kappa shape index (κ3) is 4.74. The number of aromatic nitrogens is 1. The summed E-state index contributed by atoms with van der Waals surface area (Å²) in [6.45, 7) is 3.03. The van der Waals surface area contributed by atoms with E-state index >= 15 is 0 Å². The number of nitrogens with zero attached hydrogens (tertiary/aromatic N) is 2. The van der Waals surface area contributed by atoms with Crippen LogP contribution in [-0.2, 0) is 11.3 Å². The molecule has 1 fully saturated rings. The van der Waals surface area contributed by atoms with Gasteiger partial charge < -0.3 is 15.0 Å². The first-order chi connectivity index (χ1) is 15.9. The van der Waals surface area contributed by atoms with Crippen LogP contribution in [0.3, 0.4) is 0 Å². The van der Waals surface area contributed by atoms with Crippen LogP contribution in [0.5, 0.6) is 5.75 Å². The average Bonchev–Trinajstić information content (AvgIpc) is 2.82. The van der Waals surface area contributed by atoms with Gasteiger partial charge in [0.15, 0.2) is 0 Å². The molecule has 0 aliphatic carbocycles. The fourth-order valence-electron chi connectivity index (χ4n) is 4.44. The number of fused-ring (bicyclic) bond motifs is 1. The monoisotopic (exact) mass is 457 g/mol. The maximum absolute atomic E-state index is 14.5. The summed E-state index contributed by atoms with van der Waals surface area (Å²) in [5.74, 6) is 0.160. The van der Waals surface area contributed by atoms with Crippen molar-refractivity contribution in [2.75, 3.05) is 25.5 Å². The molecule has 4 rings (SSSR count). The Morgan fingerprint density at radius 2 is 2.00 bits per heavy atom. The van der Waals surface area contributed by atoms with Gasteiger partial charge in [-0.05, 0) is 36.5 Å². The molecule has 2 heterocycles. The van der Waals surface area contributed by atoms with Crippen molar-refractivity contribution in [2.24, 2.45) is 0 Å². The van der Waals surface area contributed by atoms with Crippen molar-refractivity contribution in [1.82, 2.24) is 9.88 Å². The van der Waals surface area contributed by atoms with E-state index in [0.29, 0.717) is 18.6 Å². The second-order valence-electron chi connectivity index (χ2n) is 8.22. The summed E-state index contributed by atoms with van der Waals surface area (Å²) in [4.78, 5) is 18.0. The van der Waals surface area contributed by atoms with E-state index in [1.807, 2.05) is 17.0 Å². The zero-order valence-corrected chi connectivity index (χ0v) is 18.6. The molecule has 0 unspecified atom stereocenters. The maximum atomic E-state index is 14.5. The minimum Gasteiger partial charge on any atom is -0.496 e. The normalized spacial score (nSPS) is 14.7. The molecule has 0 spiro atoms. The number of benzene rings is 2. The lowest BCUT2D eigenvalue weighted by Gasteiger charge is -2.32. The number of carbonyl (C=O) groups excluding carboxylic acids is 1. The fourth-order valence-corrected chi connectivity index (χ4v) is 4.44. The van der Waals surface area contributed by atoms with Crippen LogP contribution in [0.15, 0.2) is 42.6 Å². The molecule has 0 bridgehead atoms. The highest BCUT2D eigenvalue weighted by atomic mass is 19.3. The molecule has 174 valence electrons. The largest absolute Gasteiger partial charge is 0.496 e. The predicted octanol–water partition coefficient (Wildman–Crippen LogP) is 5.66. The number of rotatable bonds is 6. The van der Waals surface area contributed by atoms with Crippen molar-refractivity contribution >= 4 is 22.5 Å². The van der Waals surface area contributed by atoms with Crippen molar-refractivity contribution in [3.63, 3.8) is 0 Å². The highest BCUT2D eigenvalue weighted by molar-refractivity contribution is 5.92. The number of hydrogen-bond donors (Lipinski definition) is 1. The van der Waals surface area contributed by atoms with E-state index < -0.39 is 17.8 Å². The minimum absolute atomic E-state index is 0.0594. The number of ether oxygens (including phenoxy) is 1. The summed E-state index contributed by atoms with van der Waals surface area (Å²) in [7, 11) is 1.62. The Morgan fingerprint density at radius 1 is 1.24 bits per heavy atom. The lowest BCUT2D eigenvalue weighted by molar-refractivity contribution is -0.129. The number of likely N-dealkylation sites (tertiary alicyclic amines) is 1. The Balaban J connectivity index is 1.63. The van der Waals surface area contributed by atoms with Crippen LogP contribution in [0.25, 0.3) is 10.9 Å². The molecular formula is C25H26F3N3O2. The fraction of sp³-hybridized carbons (Fsp3) is 0.360. The summed E-state index contributed by atoms with van der Waals surface area (Å²) in [5, 5.41) is 4.02. The smallest absolute Gasteiger partial charge is 0.266 e. The molecule has 8 heteroatoms. The number of carbonyl (C=O) groups is 1. The highest BCUT2D eigenvalue weighted by Gasteiger charge is 2.25. The first-order valence-corrected chi connectivity index (χ1v) is 10.9. The van der Waals surface area contributed by atoms with Gasteiger partial charge in [-0.3, -0.25) is 9.78 Å².